The summed E-state index contributed by atoms with van der Waals surface area (Å²) in [5, 5.41) is 5.47. The number of carbonyl (C=O) groups excluding carboxylic acids is 3. The van der Waals surface area contributed by atoms with Crippen LogP contribution >= 0.6 is 11.8 Å². The fourth-order valence-corrected chi connectivity index (χ4v) is 4.13. The van der Waals surface area contributed by atoms with Gasteiger partial charge in [-0.1, -0.05) is 24.3 Å². The largest absolute Gasteiger partial charge is 0.355 e. The number of thioether (sulfide) groups is 1. The Bertz CT molecular complexity index is 870. The van der Waals surface area contributed by atoms with Crippen LogP contribution in [-0.2, 0) is 4.79 Å². The first kappa shape index (κ1) is 19.0. The second kappa shape index (κ2) is 8.26. The lowest BCUT2D eigenvalue weighted by Gasteiger charge is -2.23. The third kappa shape index (κ3) is 3.98. The predicted molar refractivity (Wildman–Crippen MR) is 107 cm³/mol. The van der Waals surface area contributed by atoms with Gasteiger partial charge in [-0.3, -0.25) is 14.4 Å². The van der Waals surface area contributed by atoms with Crippen molar-refractivity contribution in [2.45, 2.75) is 13.0 Å². The molecule has 1 heterocycles. The lowest BCUT2D eigenvalue weighted by molar-refractivity contribution is -0.119. The second-order valence-corrected chi connectivity index (χ2v) is 7.20. The molecule has 1 fully saturated rings. The molecule has 0 spiro atoms. The summed E-state index contributed by atoms with van der Waals surface area (Å²) in [6.07, 6.45) is 0. The van der Waals surface area contributed by atoms with Gasteiger partial charge < -0.3 is 15.5 Å². The van der Waals surface area contributed by atoms with Crippen molar-refractivity contribution in [2.75, 3.05) is 24.0 Å². The van der Waals surface area contributed by atoms with Crippen LogP contribution in [0.25, 0.3) is 0 Å². The summed E-state index contributed by atoms with van der Waals surface area (Å²) in [5.41, 5.74) is 2.34. The Kier molecular flexibility index (Phi) is 5.81. The molecule has 1 aliphatic heterocycles. The normalized spacial score (nSPS) is 16.1. The maximum atomic E-state index is 12.8. The Morgan fingerprint density at radius 3 is 2.52 bits per heavy atom. The number of nitrogens with zero attached hydrogens (tertiary/aromatic N) is 1. The second-order valence-electron chi connectivity index (χ2n) is 6.20. The van der Waals surface area contributed by atoms with Crippen molar-refractivity contribution in [3.63, 3.8) is 0 Å². The molecule has 6 nitrogen and oxygen atoms in total. The number of hydrogen-bond acceptors (Lipinski definition) is 4. The topological polar surface area (TPSA) is 78.5 Å². The number of rotatable bonds is 4. The van der Waals surface area contributed by atoms with Crippen LogP contribution < -0.4 is 10.6 Å². The minimum absolute atomic E-state index is 0.156. The van der Waals surface area contributed by atoms with Crippen molar-refractivity contribution < 1.29 is 14.4 Å². The van der Waals surface area contributed by atoms with Gasteiger partial charge in [-0.15, -0.1) is 11.8 Å². The molecule has 0 aliphatic carbocycles. The lowest BCUT2D eigenvalue weighted by Crippen LogP contribution is -2.44. The van der Waals surface area contributed by atoms with E-state index < -0.39 is 6.04 Å². The maximum Gasteiger partial charge on any atom is 0.255 e. The van der Waals surface area contributed by atoms with Crippen molar-refractivity contribution in [1.82, 2.24) is 10.2 Å². The summed E-state index contributed by atoms with van der Waals surface area (Å²) >= 11 is 1.55. The molecule has 27 heavy (non-hydrogen) atoms. The first-order valence-corrected chi connectivity index (χ1v) is 9.74. The average Bonchev–Trinajstić information content (AvgIpc) is 3.19. The molecule has 3 amide bonds. The van der Waals surface area contributed by atoms with Crippen LogP contribution in [0.2, 0.25) is 0 Å². The Balaban J connectivity index is 1.78. The van der Waals surface area contributed by atoms with Crippen LogP contribution in [0.15, 0.2) is 48.5 Å². The summed E-state index contributed by atoms with van der Waals surface area (Å²) in [6.45, 7) is 1.79. The smallest absolute Gasteiger partial charge is 0.255 e. The van der Waals surface area contributed by atoms with E-state index in [-0.39, 0.29) is 17.7 Å². The molecule has 1 aliphatic rings. The summed E-state index contributed by atoms with van der Waals surface area (Å²) < 4.78 is 0. The van der Waals surface area contributed by atoms with Crippen LogP contribution in [0, 0.1) is 6.92 Å². The summed E-state index contributed by atoms with van der Waals surface area (Å²) in [6, 6.07) is 13.6. The standard InChI is InChI=1S/C20H21N3O3S/c1-13-15(18(24)21-2)9-6-10-16(13)22-19(25)17-11-27-12-23(17)20(26)14-7-4-3-5-8-14/h3-10,17H,11-12H2,1-2H3,(H,21,24)(H,22,25). The predicted octanol–water partition coefficient (Wildman–Crippen LogP) is 2.51. The number of benzene rings is 2. The van der Waals surface area contributed by atoms with E-state index in [1.54, 1.807) is 73.1 Å². The van der Waals surface area contributed by atoms with Gasteiger partial charge in [0.05, 0.1) is 5.88 Å². The molecule has 0 bridgehead atoms. The van der Waals surface area contributed by atoms with Gasteiger partial charge in [0.1, 0.15) is 6.04 Å². The fraction of sp³-hybridized carbons (Fsp3) is 0.250. The molecule has 2 aromatic rings. The quantitative estimate of drug-likeness (QED) is 0.850. The first-order chi connectivity index (χ1) is 13.0. The third-order valence-electron chi connectivity index (χ3n) is 4.53. The van der Waals surface area contributed by atoms with Gasteiger partial charge in [0, 0.05) is 29.6 Å². The van der Waals surface area contributed by atoms with Crippen molar-refractivity contribution in [3.05, 3.63) is 65.2 Å². The summed E-state index contributed by atoms with van der Waals surface area (Å²) in [7, 11) is 1.57. The highest BCUT2D eigenvalue weighted by atomic mass is 32.2. The van der Waals surface area contributed by atoms with Gasteiger partial charge in [-0.25, -0.2) is 0 Å². The molecule has 2 N–H and O–H groups in total. The van der Waals surface area contributed by atoms with Gasteiger partial charge in [-0.2, -0.15) is 0 Å². The molecule has 7 heteroatoms. The zero-order chi connectivity index (χ0) is 19.4. The minimum atomic E-state index is -0.550. The molecule has 0 radical (unpaired) electrons. The highest BCUT2D eigenvalue weighted by Crippen LogP contribution is 2.25. The van der Waals surface area contributed by atoms with Crippen molar-refractivity contribution in [2.24, 2.45) is 0 Å². The van der Waals surface area contributed by atoms with E-state index in [1.165, 1.54) is 0 Å². The van der Waals surface area contributed by atoms with Gasteiger partial charge >= 0.3 is 0 Å². The Morgan fingerprint density at radius 2 is 1.81 bits per heavy atom. The molecule has 3 rings (SSSR count). The van der Waals surface area contributed by atoms with E-state index in [1.807, 2.05) is 6.07 Å². The van der Waals surface area contributed by atoms with Crippen LogP contribution in [0.4, 0.5) is 5.69 Å². The Morgan fingerprint density at radius 1 is 1.07 bits per heavy atom. The average molecular weight is 383 g/mol. The first-order valence-electron chi connectivity index (χ1n) is 8.59. The molecule has 140 valence electrons. The Hall–Kier alpha value is -2.80. The van der Waals surface area contributed by atoms with Crippen LogP contribution in [-0.4, -0.2) is 47.3 Å². The van der Waals surface area contributed by atoms with E-state index in [0.29, 0.717) is 34.0 Å². The van der Waals surface area contributed by atoms with Crippen molar-refractivity contribution in [1.29, 1.82) is 0 Å². The van der Waals surface area contributed by atoms with E-state index >= 15 is 0 Å². The summed E-state index contributed by atoms with van der Waals surface area (Å²) in [5.74, 6) is 0.403. The Labute approximate surface area is 162 Å². The van der Waals surface area contributed by atoms with E-state index in [0.717, 1.165) is 0 Å². The van der Waals surface area contributed by atoms with E-state index in [4.69, 9.17) is 0 Å². The van der Waals surface area contributed by atoms with Crippen molar-refractivity contribution in [3.8, 4) is 0 Å². The van der Waals surface area contributed by atoms with E-state index in [9.17, 15) is 14.4 Å². The number of hydrogen-bond donors (Lipinski definition) is 2. The lowest BCUT2D eigenvalue weighted by atomic mass is 10.1. The van der Waals surface area contributed by atoms with Crippen LogP contribution in [0.5, 0.6) is 0 Å². The SMILES string of the molecule is CNC(=O)c1cccc(NC(=O)C2CSCN2C(=O)c2ccccc2)c1C. The van der Waals surface area contributed by atoms with Crippen LogP contribution in [0.3, 0.4) is 0 Å². The molecule has 1 atom stereocenters. The molecule has 1 saturated heterocycles. The molecule has 0 aromatic heterocycles. The summed E-state index contributed by atoms with van der Waals surface area (Å²) in [4.78, 5) is 39.1. The minimum Gasteiger partial charge on any atom is -0.355 e. The molecule has 1 unspecified atom stereocenters. The van der Waals surface area contributed by atoms with E-state index in [2.05, 4.69) is 10.6 Å². The molecular formula is C20H21N3O3S. The number of nitrogens with one attached hydrogen (secondary N) is 2. The number of carbonyl (C=O) groups is 3. The molecule has 2 aromatic carbocycles. The zero-order valence-electron chi connectivity index (χ0n) is 15.2. The molecular weight excluding hydrogens is 362 g/mol. The highest BCUT2D eigenvalue weighted by molar-refractivity contribution is 7.99. The van der Waals surface area contributed by atoms with Crippen LogP contribution in [0.1, 0.15) is 26.3 Å². The highest BCUT2D eigenvalue weighted by Gasteiger charge is 2.35. The fourth-order valence-electron chi connectivity index (χ4n) is 2.97. The van der Waals surface area contributed by atoms with Crippen molar-refractivity contribution >= 4 is 35.2 Å². The van der Waals surface area contributed by atoms with Gasteiger partial charge in [0.25, 0.3) is 11.8 Å². The maximum absolute atomic E-state index is 12.8. The number of anilines is 1. The van der Waals surface area contributed by atoms with Gasteiger partial charge in [0.15, 0.2) is 0 Å². The zero-order valence-corrected chi connectivity index (χ0v) is 16.0. The monoisotopic (exact) mass is 383 g/mol. The third-order valence-corrected chi connectivity index (χ3v) is 5.54. The van der Waals surface area contributed by atoms with Gasteiger partial charge in [0.2, 0.25) is 5.91 Å². The van der Waals surface area contributed by atoms with Gasteiger partial charge in [-0.05, 0) is 36.8 Å². The molecule has 0 saturated carbocycles. The number of amides is 3.